The topological polar surface area (TPSA) is 105 Å². The number of hydrogen-bond acceptors (Lipinski definition) is 8. The largest absolute Gasteiger partial charge is 0.357 e. The van der Waals surface area contributed by atoms with E-state index in [1.54, 1.807) is 7.05 Å². The molecule has 110 valence electrons. The standard InChI is InChI=1S/C13H18N8/c1-16-11-17-12(20-7-3-2-4-8-20)19-13(18-11)21(9-5-14)10-6-15/h2-4,7-10H2,1H3,(H,16,17,18,19). The fraction of sp³-hybridized carbons (Fsp3) is 0.615. The van der Waals surface area contributed by atoms with Gasteiger partial charge in [-0.1, -0.05) is 0 Å². The molecule has 1 aromatic heterocycles. The maximum absolute atomic E-state index is 8.87. The van der Waals surface area contributed by atoms with Gasteiger partial charge in [-0.25, -0.2) is 0 Å². The van der Waals surface area contributed by atoms with Crippen LogP contribution in [0.25, 0.3) is 0 Å². The Morgan fingerprint density at radius 1 is 1.10 bits per heavy atom. The Morgan fingerprint density at radius 2 is 1.76 bits per heavy atom. The Balaban J connectivity index is 2.32. The van der Waals surface area contributed by atoms with Crippen LogP contribution in [0.2, 0.25) is 0 Å². The number of anilines is 3. The molecule has 0 amide bonds. The highest BCUT2D eigenvalue weighted by atomic mass is 15.4. The van der Waals surface area contributed by atoms with Crippen LogP contribution >= 0.6 is 0 Å². The van der Waals surface area contributed by atoms with Crippen LogP contribution in [0.1, 0.15) is 19.3 Å². The van der Waals surface area contributed by atoms with Crippen molar-refractivity contribution in [3.05, 3.63) is 0 Å². The molecule has 0 saturated carbocycles. The Hall–Kier alpha value is -2.61. The highest BCUT2D eigenvalue weighted by Gasteiger charge is 2.18. The number of rotatable bonds is 5. The molecule has 0 spiro atoms. The lowest BCUT2D eigenvalue weighted by Gasteiger charge is -2.27. The van der Waals surface area contributed by atoms with Crippen molar-refractivity contribution in [1.29, 1.82) is 10.5 Å². The fourth-order valence-electron chi connectivity index (χ4n) is 2.21. The molecule has 1 aliphatic heterocycles. The monoisotopic (exact) mass is 286 g/mol. The third-order valence-corrected chi connectivity index (χ3v) is 3.28. The first-order valence-electron chi connectivity index (χ1n) is 6.96. The second kappa shape index (κ2) is 7.25. The summed E-state index contributed by atoms with van der Waals surface area (Å²) in [6.45, 7) is 1.98. The number of hydrogen-bond donors (Lipinski definition) is 1. The van der Waals surface area contributed by atoms with E-state index in [0.717, 1.165) is 25.9 Å². The van der Waals surface area contributed by atoms with E-state index in [2.05, 4.69) is 25.2 Å². The van der Waals surface area contributed by atoms with Crippen molar-refractivity contribution in [3.8, 4) is 12.1 Å². The summed E-state index contributed by atoms with van der Waals surface area (Å²) in [5, 5.41) is 20.6. The van der Waals surface area contributed by atoms with Gasteiger partial charge in [-0.15, -0.1) is 0 Å². The number of nitriles is 2. The summed E-state index contributed by atoms with van der Waals surface area (Å²) in [6, 6.07) is 4.06. The van der Waals surface area contributed by atoms with E-state index < -0.39 is 0 Å². The maximum atomic E-state index is 8.87. The Morgan fingerprint density at radius 3 is 2.33 bits per heavy atom. The average molecular weight is 286 g/mol. The molecule has 8 heteroatoms. The second-order valence-corrected chi connectivity index (χ2v) is 4.73. The minimum absolute atomic E-state index is 0.0696. The summed E-state index contributed by atoms with van der Waals surface area (Å²) < 4.78 is 0. The van der Waals surface area contributed by atoms with Gasteiger partial charge in [0.05, 0.1) is 12.1 Å². The minimum Gasteiger partial charge on any atom is -0.357 e. The van der Waals surface area contributed by atoms with Crippen LogP contribution in [-0.2, 0) is 0 Å². The molecular formula is C13H18N8. The lowest BCUT2D eigenvalue weighted by Crippen LogP contribution is -2.33. The molecule has 1 saturated heterocycles. The first-order chi connectivity index (χ1) is 10.3. The van der Waals surface area contributed by atoms with Crippen molar-refractivity contribution in [2.75, 3.05) is 48.3 Å². The smallest absolute Gasteiger partial charge is 0.233 e. The van der Waals surface area contributed by atoms with E-state index in [0.29, 0.717) is 17.8 Å². The van der Waals surface area contributed by atoms with Crippen LogP contribution in [0.3, 0.4) is 0 Å². The van der Waals surface area contributed by atoms with Crippen molar-refractivity contribution < 1.29 is 0 Å². The van der Waals surface area contributed by atoms with Gasteiger partial charge in [0.2, 0.25) is 17.8 Å². The van der Waals surface area contributed by atoms with Gasteiger partial charge in [0.1, 0.15) is 13.1 Å². The highest BCUT2D eigenvalue weighted by Crippen LogP contribution is 2.19. The maximum Gasteiger partial charge on any atom is 0.233 e. The average Bonchev–Trinajstić information content (AvgIpc) is 2.55. The van der Waals surface area contributed by atoms with Crippen molar-refractivity contribution in [2.45, 2.75) is 19.3 Å². The lowest BCUT2D eigenvalue weighted by atomic mass is 10.1. The van der Waals surface area contributed by atoms with Gasteiger partial charge in [0, 0.05) is 20.1 Å². The van der Waals surface area contributed by atoms with Crippen molar-refractivity contribution in [2.24, 2.45) is 0 Å². The lowest BCUT2D eigenvalue weighted by molar-refractivity contribution is 0.567. The highest BCUT2D eigenvalue weighted by molar-refractivity contribution is 5.46. The van der Waals surface area contributed by atoms with Crippen LogP contribution in [0.4, 0.5) is 17.8 Å². The number of nitrogens with one attached hydrogen (secondary N) is 1. The van der Waals surface area contributed by atoms with E-state index in [9.17, 15) is 0 Å². The molecule has 0 atom stereocenters. The normalized spacial score (nSPS) is 14.1. The van der Waals surface area contributed by atoms with E-state index >= 15 is 0 Å². The Labute approximate surface area is 124 Å². The van der Waals surface area contributed by atoms with Crippen molar-refractivity contribution in [1.82, 2.24) is 15.0 Å². The van der Waals surface area contributed by atoms with E-state index in [4.69, 9.17) is 10.5 Å². The Kier molecular flexibility index (Phi) is 5.10. The summed E-state index contributed by atoms with van der Waals surface area (Å²) >= 11 is 0. The van der Waals surface area contributed by atoms with Gasteiger partial charge >= 0.3 is 0 Å². The zero-order valence-electron chi connectivity index (χ0n) is 12.1. The van der Waals surface area contributed by atoms with Gasteiger partial charge in [0.15, 0.2) is 0 Å². The van der Waals surface area contributed by atoms with Crippen LogP contribution in [0.5, 0.6) is 0 Å². The van der Waals surface area contributed by atoms with Gasteiger partial charge in [-0.3, -0.25) is 0 Å². The molecule has 0 unspecified atom stereocenters. The van der Waals surface area contributed by atoms with Crippen LogP contribution in [0.15, 0.2) is 0 Å². The first-order valence-corrected chi connectivity index (χ1v) is 6.96. The molecule has 8 nitrogen and oxygen atoms in total. The molecule has 1 aromatic rings. The summed E-state index contributed by atoms with van der Waals surface area (Å²) in [5.41, 5.74) is 0. The molecule has 1 N–H and O–H groups in total. The molecule has 2 rings (SSSR count). The summed E-state index contributed by atoms with van der Waals surface area (Å²) in [6.07, 6.45) is 3.47. The summed E-state index contributed by atoms with van der Waals surface area (Å²) in [7, 11) is 1.73. The molecule has 21 heavy (non-hydrogen) atoms. The third kappa shape index (κ3) is 3.69. The second-order valence-electron chi connectivity index (χ2n) is 4.73. The molecule has 1 fully saturated rings. The number of nitrogens with zero attached hydrogens (tertiary/aromatic N) is 7. The van der Waals surface area contributed by atoms with Gasteiger partial charge < -0.3 is 15.1 Å². The van der Waals surface area contributed by atoms with E-state index in [1.165, 1.54) is 11.3 Å². The predicted molar refractivity (Wildman–Crippen MR) is 78.9 cm³/mol. The number of aromatic nitrogens is 3. The quantitative estimate of drug-likeness (QED) is 0.791. The SMILES string of the molecule is CNc1nc(N(CC#N)CC#N)nc(N2CCCCC2)n1. The van der Waals surface area contributed by atoms with Gasteiger partial charge in [-0.05, 0) is 19.3 Å². The van der Waals surface area contributed by atoms with Crippen LogP contribution in [-0.4, -0.2) is 48.2 Å². The molecule has 1 aliphatic rings. The Bertz CT molecular complexity index is 536. The molecular weight excluding hydrogens is 268 g/mol. The first kappa shape index (κ1) is 14.8. The van der Waals surface area contributed by atoms with E-state index in [-0.39, 0.29) is 13.1 Å². The molecule has 2 heterocycles. The van der Waals surface area contributed by atoms with Gasteiger partial charge in [0.25, 0.3) is 0 Å². The molecule has 0 bridgehead atoms. The van der Waals surface area contributed by atoms with E-state index in [1.807, 2.05) is 12.1 Å². The van der Waals surface area contributed by atoms with Crippen LogP contribution < -0.4 is 15.1 Å². The fourth-order valence-corrected chi connectivity index (χ4v) is 2.21. The predicted octanol–water partition coefficient (Wildman–Crippen LogP) is 0.757. The van der Waals surface area contributed by atoms with Gasteiger partial charge in [-0.2, -0.15) is 25.5 Å². The zero-order chi connectivity index (χ0) is 15.1. The van der Waals surface area contributed by atoms with Crippen molar-refractivity contribution >= 4 is 17.8 Å². The summed E-state index contributed by atoms with van der Waals surface area (Å²) in [5.74, 6) is 1.41. The zero-order valence-corrected chi connectivity index (χ0v) is 12.1. The summed E-state index contributed by atoms with van der Waals surface area (Å²) in [4.78, 5) is 16.7. The molecule has 0 radical (unpaired) electrons. The van der Waals surface area contributed by atoms with Crippen LogP contribution in [0, 0.1) is 22.7 Å². The third-order valence-electron chi connectivity index (χ3n) is 3.28. The van der Waals surface area contributed by atoms with Crippen molar-refractivity contribution in [3.63, 3.8) is 0 Å². The molecule has 0 aliphatic carbocycles. The minimum atomic E-state index is 0.0696. The number of piperidine rings is 1. The molecule has 0 aromatic carbocycles.